The third-order valence-corrected chi connectivity index (χ3v) is 13.7. The Morgan fingerprint density at radius 3 is 1.52 bits per heavy atom. The minimum atomic E-state index is 0.906. The number of aryl methyl sites for hydroxylation is 2. The van der Waals surface area contributed by atoms with Crippen LogP contribution in [0, 0.1) is 0 Å². The van der Waals surface area contributed by atoms with Crippen molar-refractivity contribution in [3.63, 3.8) is 0 Å². The van der Waals surface area contributed by atoms with Crippen LogP contribution < -0.4 is 0 Å². The van der Waals surface area contributed by atoms with E-state index in [1.165, 1.54) is 211 Å². The standard InChI is InChI=1S/C50H78N2.2C4H9.Ni/c1-4-7-10-11-12-13-14-15-16-17-18-19-20-21-22-23-24-25-26-27-28-29-30-31-38-45-39-32-33-41-48(45)50-47(37-9-6-3)43-49(52(50)51)46-40-34-36-44(42-46)35-8-5-2;2*1-3-4-2;/h29-30,32-34,36,39-43H,4-28,31,35,37-38H2,1-3H3;2*1,3-4H2,2H3;. The second kappa shape index (κ2) is 39.4. The first kappa shape index (κ1) is 54.9. The van der Waals surface area contributed by atoms with E-state index < -0.39 is 0 Å². The van der Waals surface area contributed by atoms with Crippen LogP contribution in [0.5, 0.6) is 0 Å². The summed E-state index contributed by atoms with van der Waals surface area (Å²) in [7, 11) is 0. The molecule has 3 heteroatoms. The van der Waals surface area contributed by atoms with Gasteiger partial charge < -0.3 is 5.53 Å². The molecular formula is C58H96N2Ni. The molecule has 1 aliphatic heterocycles. The molecule has 1 aliphatic rings. The molecule has 0 unspecified atom stereocenters. The molecule has 3 rings (SSSR count). The molecule has 0 spiro atoms. The van der Waals surface area contributed by atoms with Crippen molar-refractivity contribution < 1.29 is 19.1 Å². The summed E-state index contributed by atoms with van der Waals surface area (Å²) < 4.78 is 1.48. The van der Waals surface area contributed by atoms with E-state index in [-0.39, 0.29) is 0 Å². The molecule has 0 fully saturated rings. The van der Waals surface area contributed by atoms with E-state index in [0.29, 0.717) is 0 Å². The van der Waals surface area contributed by atoms with Gasteiger partial charge in [-0.1, -0.05) is 198 Å². The second-order valence-electron chi connectivity index (χ2n) is 18.0. The van der Waals surface area contributed by atoms with Crippen LogP contribution in [0.4, 0.5) is 0 Å². The molecule has 0 aromatic heterocycles. The van der Waals surface area contributed by atoms with Gasteiger partial charge in [0.25, 0.3) is 0 Å². The quantitative estimate of drug-likeness (QED) is 0.0278. The van der Waals surface area contributed by atoms with Gasteiger partial charge in [0.15, 0.2) is 0 Å². The predicted octanol–water partition coefficient (Wildman–Crippen LogP) is 20.2. The summed E-state index contributed by atoms with van der Waals surface area (Å²) in [6, 6.07) is 17.5. The van der Waals surface area contributed by atoms with Crippen LogP contribution in [0.15, 0.2) is 72.3 Å². The van der Waals surface area contributed by atoms with E-state index in [0.717, 1.165) is 55.5 Å². The molecule has 0 aliphatic carbocycles. The zero-order valence-electron chi connectivity index (χ0n) is 40.8. The van der Waals surface area contributed by atoms with Gasteiger partial charge in [0.05, 0.1) is 0 Å². The number of rotatable bonds is 38. The second-order valence-corrected chi connectivity index (χ2v) is 19.5. The minimum absolute atomic E-state index is 0.906. The summed E-state index contributed by atoms with van der Waals surface area (Å²) in [5.74, 6) is 0. The van der Waals surface area contributed by atoms with Gasteiger partial charge in [0.1, 0.15) is 0 Å². The van der Waals surface area contributed by atoms with Crippen molar-refractivity contribution in [1.82, 2.24) is 0 Å². The molecule has 2 aromatic rings. The number of hydrogen-bond acceptors (Lipinski definition) is 0. The van der Waals surface area contributed by atoms with Gasteiger partial charge >= 0.3 is 64.8 Å². The number of hydrogen-bond donors (Lipinski definition) is 0. The first-order valence-electron chi connectivity index (χ1n) is 26.3. The van der Waals surface area contributed by atoms with E-state index >= 15 is 0 Å². The Bertz CT molecular complexity index is 1440. The molecule has 2 aromatic carbocycles. The van der Waals surface area contributed by atoms with Crippen molar-refractivity contribution in [3.8, 4) is 0 Å². The Kier molecular flexibility index (Phi) is 35.4. The predicted molar refractivity (Wildman–Crippen MR) is 269 cm³/mol. The summed E-state index contributed by atoms with van der Waals surface area (Å²) in [6.07, 6.45) is 51.2. The van der Waals surface area contributed by atoms with Gasteiger partial charge in [-0.15, -0.1) is 0 Å². The van der Waals surface area contributed by atoms with Crippen LogP contribution in [0.25, 0.3) is 16.9 Å². The van der Waals surface area contributed by atoms with Crippen LogP contribution in [-0.4, -0.2) is 4.70 Å². The molecule has 0 saturated heterocycles. The molecule has 61 heavy (non-hydrogen) atoms. The molecule has 0 atom stereocenters. The van der Waals surface area contributed by atoms with Crippen LogP contribution in [0.3, 0.4) is 0 Å². The number of unbranched alkanes of at least 4 members (excludes halogenated alkanes) is 24. The van der Waals surface area contributed by atoms with E-state index in [1.54, 1.807) is 0 Å². The molecule has 0 amide bonds. The molecule has 348 valence electrons. The first-order valence-corrected chi connectivity index (χ1v) is 27.7. The Morgan fingerprint density at radius 1 is 0.475 bits per heavy atom. The zero-order chi connectivity index (χ0) is 43.9. The molecule has 1 heterocycles. The summed E-state index contributed by atoms with van der Waals surface area (Å²) in [5.41, 5.74) is 19.7. The fourth-order valence-corrected chi connectivity index (χ4v) is 9.73. The zero-order valence-corrected chi connectivity index (χ0v) is 41.8. The van der Waals surface area contributed by atoms with Crippen molar-refractivity contribution in [2.45, 2.75) is 257 Å². The topological polar surface area (TPSA) is 25.3 Å². The SMILES string of the molecule is CCCCCCCCCCCCCCCCCCCCCCC=CCCc1ccccc1C1=C(CCCC)C=C(c2cccc(CCCC)c2)[N+]1=[N-].CCC[CH2][Ni][CH2]CCC. The molecule has 0 N–H and O–H groups in total. The maximum atomic E-state index is 11.7. The Balaban J connectivity index is 0.00000127. The molecular weight excluding hydrogens is 783 g/mol. The van der Waals surface area contributed by atoms with E-state index in [4.69, 9.17) is 0 Å². The third-order valence-electron chi connectivity index (χ3n) is 12.3. The van der Waals surface area contributed by atoms with Crippen molar-refractivity contribution in [2.75, 3.05) is 0 Å². The number of benzene rings is 2. The fourth-order valence-electron chi connectivity index (χ4n) is 8.29. The Morgan fingerprint density at radius 2 is 0.967 bits per heavy atom. The van der Waals surface area contributed by atoms with Gasteiger partial charge in [-0.25, -0.2) is 4.70 Å². The van der Waals surface area contributed by atoms with Crippen molar-refractivity contribution >= 4 is 11.4 Å². The van der Waals surface area contributed by atoms with Gasteiger partial charge in [-0.2, -0.15) is 0 Å². The average molecular weight is 880 g/mol. The van der Waals surface area contributed by atoms with Crippen LogP contribution in [0.1, 0.15) is 256 Å². The first-order chi connectivity index (χ1) is 30.1. The third kappa shape index (κ3) is 26.2. The molecule has 0 saturated carbocycles. The van der Waals surface area contributed by atoms with E-state index in [1.807, 2.05) is 14.4 Å². The summed E-state index contributed by atoms with van der Waals surface area (Å²) in [4.78, 5) is 0. The van der Waals surface area contributed by atoms with E-state index in [9.17, 15) is 5.53 Å². The Hall–Kier alpha value is -2.25. The summed E-state index contributed by atoms with van der Waals surface area (Å²) in [6.45, 7) is 11.3. The molecule has 0 radical (unpaired) electrons. The monoisotopic (exact) mass is 879 g/mol. The maximum absolute atomic E-state index is 11.7. The number of allylic oxidation sites excluding steroid dienone is 4. The van der Waals surface area contributed by atoms with Crippen LogP contribution >= 0.6 is 0 Å². The fraction of sp³-hybridized carbons (Fsp3) is 0.690. The van der Waals surface area contributed by atoms with Crippen LogP contribution in [0.2, 0.25) is 10.8 Å². The molecule has 2 nitrogen and oxygen atoms in total. The summed E-state index contributed by atoms with van der Waals surface area (Å²) in [5, 5.41) is 2.78. The average Bonchev–Trinajstić information content (AvgIpc) is 3.61. The van der Waals surface area contributed by atoms with Gasteiger partial charge in [0, 0.05) is 22.8 Å². The molecule has 0 bridgehead atoms. The Labute approximate surface area is 386 Å². The van der Waals surface area contributed by atoms with Crippen molar-refractivity contribution in [3.05, 3.63) is 100 Å². The van der Waals surface area contributed by atoms with Crippen LogP contribution in [-0.2, 0) is 27.3 Å². The normalized spacial score (nSPS) is 12.8. The van der Waals surface area contributed by atoms with Crippen molar-refractivity contribution in [1.29, 1.82) is 0 Å². The number of nitrogens with zero attached hydrogens (tertiary/aromatic N) is 2. The van der Waals surface area contributed by atoms with Gasteiger partial charge in [0.2, 0.25) is 11.4 Å². The van der Waals surface area contributed by atoms with E-state index in [2.05, 4.69) is 101 Å². The van der Waals surface area contributed by atoms with Gasteiger partial charge in [-0.3, -0.25) is 0 Å². The van der Waals surface area contributed by atoms with Gasteiger partial charge in [-0.05, 0) is 80.7 Å². The summed E-state index contributed by atoms with van der Waals surface area (Å²) >= 11 is 1.94. The van der Waals surface area contributed by atoms with Crippen molar-refractivity contribution in [2.24, 2.45) is 0 Å².